The van der Waals surface area contributed by atoms with E-state index in [9.17, 15) is 4.79 Å². The molecule has 0 aliphatic carbocycles. The Labute approximate surface area is 120 Å². The van der Waals surface area contributed by atoms with Crippen molar-refractivity contribution >= 4 is 11.1 Å². The first kappa shape index (κ1) is 13.6. The van der Waals surface area contributed by atoms with Crippen LogP contribution < -0.4 is 5.76 Å². The Bertz CT molecular complexity index is 815. The average molecular weight is 289 g/mol. The van der Waals surface area contributed by atoms with Crippen LogP contribution in [0, 0.1) is 6.92 Å². The fourth-order valence-corrected chi connectivity index (χ4v) is 2.11. The highest BCUT2D eigenvalue weighted by Crippen LogP contribution is 2.15. The summed E-state index contributed by atoms with van der Waals surface area (Å²) in [5.74, 6) is 0.489. The maximum atomic E-state index is 11.9. The molecular weight excluding hydrogens is 274 g/mol. The van der Waals surface area contributed by atoms with Crippen LogP contribution in [-0.2, 0) is 17.7 Å². The topological polar surface area (TPSA) is 83.3 Å². The van der Waals surface area contributed by atoms with E-state index in [1.807, 2.05) is 19.1 Å². The van der Waals surface area contributed by atoms with Crippen molar-refractivity contribution in [3.63, 3.8) is 0 Å². The molecule has 0 amide bonds. The molecule has 110 valence electrons. The number of ether oxygens (including phenoxy) is 1. The molecule has 0 fully saturated rings. The van der Waals surface area contributed by atoms with Gasteiger partial charge >= 0.3 is 5.76 Å². The summed E-state index contributed by atoms with van der Waals surface area (Å²) in [6, 6.07) is 5.56. The molecule has 0 saturated carbocycles. The van der Waals surface area contributed by atoms with Crippen molar-refractivity contribution in [2.24, 2.45) is 0 Å². The second kappa shape index (κ2) is 5.53. The first-order valence-corrected chi connectivity index (χ1v) is 6.58. The zero-order valence-corrected chi connectivity index (χ0v) is 11.8. The monoisotopic (exact) mass is 289 g/mol. The lowest BCUT2D eigenvalue weighted by atomic mass is 10.2. The van der Waals surface area contributed by atoms with Crippen LogP contribution in [0.25, 0.3) is 11.1 Å². The molecule has 0 aliphatic heterocycles. The minimum Gasteiger partial charge on any atom is -0.408 e. The van der Waals surface area contributed by atoms with Crippen LogP contribution in [-0.4, -0.2) is 28.4 Å². The fraction of sp³-hybridized carbons (Fsp3) is 0.357. The number of benzene rings is 1. The van der Waals surface area contributed by atoms with Crippen LogP contribution in [0.3, 0.4) is 0 Å². The van der Waals surface area contributed by atoms with Gasteiger partial charge in [-0.25, -0.2) is 4.79 Å². The first-order valence-electron chi connectivity index (χ1n) is 6.58. The van der Waals surface area contributed by atoms with Gasteiger partial charge < -0.3 is 13.7 Å². The number of hydrogen-bond acceptors (Lipinski definition) is 6. The van der Waals surface area contributed by atoms with Crippen molar-refractivity contribution in [2.45, 2.75) is 19.9 Å². The molecule has 7 nitrogen and oxygen atoms in total. The molecule has 0 bridgehead atoms. The van der Waals surface area contributed by atoms with Crippen LogP contribution in [0.5, 0.6) is 0 Å². The van der Waals surface area contributed by atoms with Gasteiger partial charge in [-0.3, -0.25) is 4.57 Å². The molecule has 0 unspecified atom stereocenters. The molecule has 1 aromatic carbocycles. The summed E-state index contributed by atoms with van der Waals surface area (Å²) >= 11 is 0. The van der Waals surface area contributed by atoms with Crippen LogP contribution in [0.4, 0.5) is 0 Å². The van der Waals surface area contributed by atoms with E-state index in [0.29, 0.717) is 30.3 Å². The zero-order valence-electron chi connectivity index (χ0n) is 11.8. The molecule has 2 aromatic heterocycles. The van der Waals surface area contributed by atoms with Crippen LogP contribution in [0.2, 0.25) is 0 Å². The Morgan fingerprint density at radius 1 is 1.38 bits per heavy atom. The molecule has 0 spiro atoms. The molecule has 0 N–H and O–H groups in total. The summed E-state index contributed by atoms with van der Waals surface area (Å²) in [6.45, 7) is 2.67. The number of methoxy groups -OCH3 is 1. The van der Waals surface area contributed by atoms with E-state index in [2.05, 4.69) is 10.1 Å². The molecule has 3 rings (SSSR count). The molecule has 2 heterocycles. The molecule has 7 heteroatoms. The lowest BCUT2D eigenvalue weighted by Crippen LogP contribution is -2.15. The quantitative estimate of drug-likeness (QED) is 0.708. The van der Waals surface area contributed by atoms with Gasteiger partial charge in [0.05, 0.1) is 12.1 Å². The number of aromatic nitrogens is 3. The number of oxazole rings is 1. The van der Waals surface area contributed by atoms with Gasteiger partial charge in [-0.05, 0) is 24.6 Å². The summed E-state index contributed by atoms with van der Waals surface area (Å²) < 4.78 is 16.8. The Morgan fingerprint density at radius 3 is 3.05 bits per heavy atom. The number of fused-ring (bicyclic) bond motifs is 1. The minimum absolute atomic E-state index is 0.190. The van der Waals surface area contributed by atoms with Gasteiger partial charge in [-0.15, -0.1) is 0 Å². The van der Waals surface area contributed by atoms with Crippen molar-refractivity contribution in [3.8, 4) is 0 Å². The third-order valence-electron chi connectivity index (χ3n) is 3.16. The summed E-state index contributed by atoms with van der Waals surface area (Å²) in [6.07, 6.45) is 0.570. The highest BCUT2D eigenvalue weighted by molar-refractivity contribution is 5.73. The molecular formula is C14H15N3O4. The number of hydrogen-bond donors (Lipinski definition) is 0. The molecule has 0 radical (unpaired) electrons. The second-order valence-corrected chi connectivity index (χ2v) is 4.77. The maximum Gasteiger partial charge on any atom is 0.420 e. The van der Waals surface area contributed by atoms with E-state index in [-0.39, 0.29) is 6.54 Å². The molecule has 0 aliphatic rings. The predicted octanol–water partition coefficient (Wildman–Crippen LogP) is 1.52. The third kappa shape index (κ3) is 2.73. The molecule has 0 saturated heterocycles. The van der Waals surface area contributed by atoms with Crippen LogP contribution in [0.1, 0.15) is 17.3 Å². The van der Waals surface area contributed by atoms with Gasteiger partial charge in [-0.2, -0.15) is 4.98 Å². The summed E-state index contributed by atoms with van der Waals surface area (Å²) in [7, 11) is 1.61. The highest BCUT2D eigenvalue weighted by atomic mass is 16.5. The minimum atomic E-state index is -0.438. The number of aryl methyl sites for hydroxylation is 1. The Morgan fingerprint density at radius 2 is 2.24 bits per heavy atom. The number of rotatable bonds is 5. The smallest absolute Gasteiger partial charge is 0.408 e. The Kier molecular flexibility index (Phi) is 3.57. The van der Waals surface area contributed by atoms with Crippen molar-refractivity contribution in [1.82, 2.24) is 14.7 Å². The van der Waals surface area contributed by atoms with Crippen LogP contribution >= 0.6 is 0 Å². The second-order valence-electron chi connectivity index (χ2n) is 4.77. The van der Waals surface area contributed by atoms with E-state index < -0.39 is 5.76 Å². The standard InChI is InChI=1S/C14H15N3O4/c1-9-3-4-11-10(7-9)17(14(18)20-11)8-13-15-12(16-21-13)5-6-19-2/h3-4,7H,5-6,8H2,1-2H3. The Hall–Kier alpha value is -2.41. The first-order chi connectivity index (χ1) is 10.2. The van der Waals surface area contributed by atoms with Crippen molar-refractivity contribution < 1.29 is 13.7 Å². The van der Waals surface area contributed by atoms with E-state index in [1.165, 1.54) is 4.57 Å². The van der Waals surface area contributed by atoms with Gasteiger partial charge in [0.15, 0.2) is 11.4 Å². The van der Waals surface area contributed by atoms with Crippen molar-refractivity contribution in [2.75, 3.05) is 13.7 Å². The molecule has 21 heavy (non-hydrogen) atoms. The highest BCUT2D eigenvalue weighted by Gasteiger charge is 2.13. The van der Waals surface area contributed by atoms with Gasteiger partial charge in [0, 0.05) is 13.5 Å². The lowest BCUT2D eigenvalue weighted by Gasteiger charge is -1.98. The zero-order chi connectivity index (χ0) is 14.8. The largest absolute Gasteiger partial charge is 0.420 e. The molecule has 0 atom stereocenters. The van der Waals surface area contributed by atoms with Crippen molar-refractivity contribution in [1.29, 1.82) is 0 Å². The Balaban J connectivity index is 1.90. The fourth-order valence-electron chi connectivity index (χ4n) is 2.11. The van der Waals surface area contributed by atoms with Gasteiger partial charge in [0.1, 0.15) is 6.54 Å². The van der Waals surface area contributed by atoms with Gasteiger partial charge in [0.25, 0.3) is 0 Å². The maximum absolute atomic E-state index is 11.9. The summed E-state index contributed by atoms with van der Waals surface area (Å²) in [4.78, 5) is 16.2. The third-order valence-corrected chi connectivity index (χ3v) is 3.16. The summed E-state index contributed by atoms with van der Waals surface area (Å²) in [5, 5.41) is 3.85. The normalized spacial score (nSPS) is 11.3. The SMILES string of the molecule is COCCc1noc(Cn2c(=O)oc3ccc(C)cc32)n1. The van der Waals surface area contributed by atoms with Gasteiger partial charge in [0.2, 0.25) is 5.89 Å². The van der Waals surface area contributed by atoms with Gasteiger partial charge in [-0.1, -0.05) is 11.2 Å². The number of nitrogens with zero attached hydrogens (tertiary/aromatic N) is 3. The van der Waals surface area contributed by atoms with Crippen molar-refractivity contribution in [3.05, 3.63) is 46.0 Å². The molecule has 3 aromatic rings. The van der Waals surface area contributed by atoms with Crippen LogP contribution in [0.15, 0.2) is 31.9 Å². The summed E-state index contributed by atoms with van der Waals surface area (Å²) in [5.41, 5.74) is 2.31. The van der Waals surface area contributed by atoms with E-state index >= 15 is 0 Å². The van der Waals surface area contributed by atoms with E-state index in [4.69, 9.17) is 13.7 Å². The predicted molar refractivity (Wildman–Crippen MR) is 74.2 cm³/mol. The van der Waals surface area contributed by atoms with E-state index in [0.717, 1.165) is 11.1 Å². The average Bonchev–Trinajstić information content (AvgIpc) is 3.03. The van der Waals surface area contributed by atoms with E-state index in [1.54, 1.807) is 13.2 Å². The lowest BCUT2D eigenvalue weighted by molar-refractivity contribution is 0.199.